The molecule has 6 heteroatoms. The summed E-state index contributed by atoms with van der Waals surface area (Å²) >= 11 is 10.8. The van der Waals surface area contributed by atoms with Crippen molar-refractivity contribution in [3.05, 3.63) is 31.8 Å². The van der Waals surface area contributed by atoms with E-state index in [9.17, 15) is 4.79 Å². The molecule has 0 unspecified atom stereocenters. The Kier molecular flexibility index (Phi) is 5.07. The summed E-state index contributed by atoms with van der Waals surface area (Å²) in [5.41, 5.74) is 6.40. The second-order valence-electron chi connectivity index (χ2n) is 5.34. The van der Waals surface area contributed by atoms with Gasteiger partial charge in [0.2, 0.25) is 0 Å². The van der Waals surface area contributed by atoms with E-state index in [-0.39, 0.29) is 11.3 Å². The smallest absolute Gasteiger partial charge is 0.255 e. The monoisotopic (exact) mass is 466 g/mol. The minimum absolute atomic E-state index is 0.0698. The van der Waals surface area contributed by atoms with Crippen molar-refractivity contribution in [2.75, 3.05) is 13.1 Å². The number of nitrogens with two attached hydrogens (primary N) is 1. The zero-order chi connectivity index (χ0) is 14.9. The van der Waals surface area contributed by atoms with Crippen molar-refractivity contribution < 1.29 is 4.79 Å². The van der Waals surface area contributed by atoms with Crippen LogP contribution < -0.4 is 5.73 Å². The van der Waals surface area contributed by atoms with E-state index in [0.717, 1.165) is 26.4 Å². The highest BCUT2D eigenvalue weighted by Crippen LogP contribution is 2.32. The Morgan fingerprint density at radius 1 is 1.45 bits per heavy atom. The van der Waals surface area contributed by atoms with E-state index < -0.39 is 0 Å². The standard InChI is InChI=1S/C14H16BrIN2OS/c1-14(13(17)20)4-6-18(7-5-14)12(19)10-8-9(16)2-3-11(10)15/h2-3,8H,4-7H2,1H3,(H2,17,20). The summed E-state index contributed by atoms with van der Waals surface area (Å²) in [6, 6.07) is 5.80. The van der Waals surface area contributed by atoms with Crippen molar-refractivity contribution in [1.29, 1.82) is 0 Å². The van der Waals surface area contributed by atoms with Gasteiger partial charge < -0.3 is 10.6 Å². The molecular weight excluding hydrogens is 451 g/mol. The van der Waals surface area contributed by atoms with Gasteiger partial charge >= 0.3 is 0 Å². The topological polar surface area (TPSA) is 46.3 Å². The number of hydrogen-bond acceptors (Lipinski definition) is 2. The van der Waals surface area contributed by atoms with E-state index in [1.54, 1.807) is 0 Å². The number of nitrogens with zero attached hydrogens (tertiary/aromatic N) is 1. The maximum absolute atomic E-state index is 12.6. The Balaban J connectivity index is 2.13. The molecule has 0 aliphatic carbocycles. The van der Waals surface area contributed by atoms with Crippen LogP contribution in [0.15, 0.2) is 22.7 Å². The summed E-state index contributed by atoms with van der Waals surface area (Å²) in [6.07, 6.45) is 1.66. The number of amides is 1. The number of rotatable bonds is 2. The van der Waals surface area contributed by atoms with Gasteiger partial charge in [0, 0.05) is 26.5 Å². The van der Waals surface area contributed by atoms with E-state index in [2.05, 4.69) is 45.4 Å². The third-order valence-electron chi connectivity index (χ3n) is 3.91. The lowest BCUT2D eigenvalue weighted by atomic mass is 9.80. The number of piperidine rings is 1. The summed E-state index contributed by atoms with van der Waals surface area (Å²) in [6.45, 7) is 3.48. The fourth-order valence-corrected chi connectivity index (χ4v) is 3.39. The van der Waals surface area contributed by atoms with Crippen LogP contribution in [0.5, 0.6) is 0 Å². The molecule has 0 saturated carbocycles. The first-order chi connectivity index (χ1) is 9.33. The molecule has 20 heavy (non-hydrogen) atoms. The first kappa shape index (κ1) is 16.2. The Hall–Kier alpha value is -0.210. The van der Waals surface area contributed by atoms with Crippen molar-refractivity contribution in [2.24, 2.45) is 11.1 Å². The first-order valence-electron chi connectivity index (χ1n) is 6.38. The minimum Gasteiger partial charge on any atom is -0.393 e. The van der Waals surface area contributed by atoms with E-state index >= 15 is 0 Å². The van der Waals surface area contributed by atoms with Gasteiger partial charge in [-0.1, -0.05) is 19.1 Å². The fourth-order valence-electron chi connectivity index (χ4n) is 2.28. The lowest BCUT2D eigenvalue weighted by Crippen LogP contribution is -2.46. The predicted octanol–water partition coefficient (Wildman–Crippen LogP) is 3.58. The Bertz CT molecular complexity index is 556. The van der Waals surface area contributed by atoms with Crippen LogP contribution in [0.25, 0.3) is 0 Å². The highest BCUT2D eigenvalue weighted by Gasteiger charge is 2.34. The van der Waals surface area contributed by atoms with Crippen LogP contribution in [0.1, 0.15) is 30.1 Å². The van der Waals surface area contributed by atoms with Gasteiger partial charge in [0.05, 0.1) is 10.6 Å². The summed E-state index contributed by atoms with van der Waals surface area (Å²) in [5.74, 6) is 0.0698. The average molecular weight is 467 g/mol. The normalized spacial score (nSPS) is 17.9. The van der Waals surface area contributed by atoms with Crippen LogP contribution in [0.4, 0.5) is 0 Å². The molecule has 1 heterocycles. The highest BCUT2D eigenvalue weighted by molar-refractivity contribution is 14.1. The Morgan fingerprint density at radius 3 is 2.60 bits per heavy atom. The zero-order valence-electron chi connectivity index (χ0n) is 11.2. The summed E-state index contributed by atoms with van der Waals surface area (Å²) in [5, 5.41) is 0. The molecule has 1 aromatic carbocycles. The average Bonchev–Trinajstić information content (AvgIpc) is 2.41. The second-order valence-corrected chi connectivity index (χ2v) is 7.88. The van der Waals surface area contributed by atoms with Crippen molar-refractivity contribution >= 4 is 61.6 Å². The van der Waals surface area contributed by atoms with E-state index in [0.29, 0.717) is 18.1 Å². The number of thiocarbonyl (C=S) groups is 1. The summed E-state index contributed by atoms with van der Waals surface area (Å²) in [7, 11) is 0. The van der Waals surface area contributed by atoms with Crippen LogP contribution in [-0.4, -0.2) is 28.9 Å². The largest absolute Gasteiger partial charge is 0.393 e. The number of likely N-dealkylation sites (tertiary alicyclic amines) is 1. The molecular formula is C14H16BrIN2OS. The minimum atomic E-state index is -0.117. The molecule has 1 aromatic rings. The van der Waals surface area contributed by atoms with Crippen LogP contribution in [0.2, 0.25) is 0 Å². The van der Waals surface area contributed by atoms with Gasteiger partial charge in [-0.15, -0.1) is 0 Å². The first-order valence-corrected chi connectivity index (χ1v) is 8.66. The van der Waals surface area contributed by atoms with Crippen molar-refractivity contribution in [3.63, 3.8) is 0 Å². The molecule has 0 spiro atoms. The van der Waals surface area contributed by atoms with Gasteiger partial charge in [-0.05, 0) is 69.6 Å². The Morgan fingerprint density at radius 2 is 2.05 bits per heavy atom. The van der Waals surface area contributed by atoms with Crippen molar-refractivity contribution in [2.45, 2.75) is 19.8 Å². The molecule has 1 aliphatic rings. The maximum atomic E-state index is 12.6. The Labute approximate surface area is 146 Å². The molecule has 3 nitrogen and oxygen atoms in total. The van der Waals surface area contributed by atoms with Crippen LogP contribution >= 0.6 is 50.7 Å². The van der Waals surface area contributed by atoms with E-state index in [1.165, 1.54) is 0 Å². The highest BCUT2D eigenvalue weighted by atomic mass is 127. The SMILES string of the molecule is CC1(C(N)=S)CCN(C(=O)c2cc(I)ccc2Br)CC1. The molecule has 2 N–H and O–H groups in total. The molecule has 1 aliphatic heterocycles. The van der Waals surface area contributed by atoms with E-state index in [4.69, 9.17) is 18.0 Å². The molecule has 2 rings (SSSR count). The lowest BCUT2D eigenvalue weighted by molar-refractivity contribution is 0.0669. The third kappa shape index (κ3) is 3.33. The molecule has 108 valence electrons. The lowest BCUT2D eigenvalue weighted by Gasteiger charge is -2.38. The van der Waals surface area contributed by atoms with Gasteiger partial charge in [0.25, 0.3) is 5.91 Å². The zero-order valence-corrected chi connectivity index (χ0v) is 15.7. The molecule has 0 aromatic heterocycles. The molecule has 1 fully saturated rings. The van der Waals surface area contributed by atoms with Crippen LogP contribution in [-0.2, 0) is 0 Å². The van der Waals surface area contributed by atoms with Gasteiger partial charge in [0.1, 0.15) is 0 Å². The molecule has 0 atom stereocenters. The molecule has 1 saturated heterocycles. The molecule has 0 bridgehead atoms. The van der Waals surface area contributed by atoms with E-state index in [1.807, 2.05) is 23.1 Å². The van der Waals surface area contributed by atoms with Crippen LogP contribution in [0, 0.1) is 8.99 Å². The quantitative estimate of drug-likeness (QED) is 0.535. The number of carbonyl (C=O) groups excluding carboxylic acids is 1. The van der Waals surface area contributed by atoms with Gasteiger partial charge in [0.15, 0.2) is 0 Å². The number of carbonyl (C=O) groups is 1. The summed E-state index contributed by atoms with van der Waals surface area (Å²) in [4.78, 5) is 15.0. The third-order valence-corrected chi connectivity index (χ3v) is 5.76. The molecule has 1 amide bonds. The van der Waals surface area contributed by atoms with Crippen molar-refractivity contribution in [1.82, 2.24) is 4.90 Å². The fraction of sp³-hybridized carbons (Fsp3) is 0.429. The predicted molar refractivity (Wildman–Crippen MR) is 96.9 cm³/mol. The summed E-state index contributed by atoms with van der Waals surface area (Å²) < 4.78 is 1.89. The van der Waals surface area contributed by atoms with Crippen LogP contribution in [0.3, 0.4) is 0 Å². The molecule has 0 radical (unpaired) electrons. The number of hydrogen-bond donors (Lipinski definition) is 1. The van der Waals surface area contributed by atoms with Gasteiger partial charge in [-0.25, -0.2) is 0 Å². The second kappa shape index (κ2) is 6.27. The van der Waals surface area contributed by atoms with Gasteiger partial charge in [-0.2, -0.15) is 0 Å². The number of halogens is 2. The van der Waals surface area contributed by atoms with Crippen molar-refractivity contribution in [3.8, 4) is 0 Å². The number of benzene rings is 1. The maximum Gasteiger partial charge on any atom is 0.255 e. The van der Waals surface area contributed by atoms with Gasteiger partial charge in [-0.3, -0.25) is 4.79 Å².